The molecule has 5 heteroatoms. The first-order valence-corrected chi connectivity index (χ1v) is 8.21. The highest BCUT2D eigenvalue weighted by Crippen LogP contribution is 2.07. The maximum atomic E-state index is 11.7. The first kappa shape index (κ1) is 19.9. The summed E-state index contributed by atoms with van der Waals surface area (Å²) < 4.78 is 5.19. The third-order valence-electron chi connectivity index (χ3n) is 3.24. The molecule has 1 unspecified atom stereocenters. The number of benzene rings is 1. The molecule has 0 heterocycles. The molecular formula is C19H28N2O3. The highest BCUT2D eigenvalue weighted by atomic mass is 16.6. The molecule has 0 aliphatic carbocycles. The van der Waals surface area contributed by atoms with Gasteiger partial charge in [0.2, 0.25) is 5.91 Å². The number of carbonyl (C=O) groups excluding carboxylic acids is 2. The molecule has 0 aliphatic rings. The number of nitrogens with two attached hydrogens (primary N) is 1. The summed E-state index contributed by atoms with van der Waals surface area (Å²) in [6.07, 6.45) is 6.23. The number of ether oxygens (including phenoxy) is 1. The quantitative estimate of drug-likeness (QED) is 0.537. The van der Waals surface area contributed by atoms with E-state index < -0.39 is 23.5 Å². The fourth-order valence-electron chi connectivity index (χ4n) is 2.13. The minimum absolute atomic E-state index is 0.0390. The van der Waals surface area contributed by atoms with Gasteiger partial charge in [0.05, 0.1) is 12.6 Å². The maximum Gasteiger partial charge on any atom is 0.320 e. The number of esters is 1. The summed E-state index contributed by atoms with van der Waals surface area (Å²) in [5.74, 6) is -0.881. The number of primary amides is 1. The van der Waals surface area contributed by atoms with Crippen LogP contribution >= 0.6 is 0 Å². The highest BCUT2D eigenvalue weighted by molar-refractivity contribution is 5.81. The van der Waals surface area contributed by atoms with Gasteiger partial charge in [-0.2, -0.15) is 0 Å². The molecule has 1 aromatic rings. The van der Waals surface area contributed by atoms with Gasteiger partial charge >= 0.3 is 5.97 Å². The van der Waals surface area contributed by atoms with Crippen LogP contribution in [0, 0.1) is 0 Å². The SMILES string of the molecule is CC(C)(C)OC(=O)CNC(C/C=C/CCc1ccccc1)C(N)=O. The zero-order valence-corrected chi connectivity index (χ0v) is 14.7. The second-order valence-corrected chi connectivity index (χ2v) is 6.65. The van der Waals surface area contributed by atoms with Gasteiger partial charge in [-0.15, -0.1) is 0 Å². The molecule has 0 radical (unpaired) electrons. The van der Waals surface area contributed by atoms with Crippen molar-refractivity contribution in [3.8, 4) is 0 Å². The number of amides is 1. The number of nitrogens with one attached hydrogen (secondary N) is 1. The zero-order valence-electron chi connectivity index (χ0n) is 14.7. The van der Waals surface area contributed by atoms with Gasteiger partial charge in [-0.1, -0.05) is 42.5 Å². The predicted octanol–water partition coefficient (Wildman–Crippen LogP) is 2.35. The predicted molar refractivity (Wildman–Crippen MR) is 95.4 cm³/mol. The summed E-state index contributed by atoms with van der Waals surface area (Å²) in [7, 11) is 0. The van der Waals surface area contributed by atoms with E-state index in [0.29, 0.717) is 6.42 Å². The van der Waals surface area contributed by atoms with Gasteiger partial charge in [0, 0.05) is 0 Å². The Labute approximate surface area is 144 Å². The van der Waals surface area contributed by atoms with Gasteiger partial charge in [-0.05, 0) is 45.6 Å². The number of allylic oxidation sites excluding steroid dienone is 1. The summed E-state index contributed by atoms with van der Waals surface area (Å²) in [4.78, 5) is 23.1. The Balaban J connectivity index is 2.34. The summed E-state index contributed by atoms with van der Waals surface area (Å²) in [5, 5.41) is 2.85. The molecule has 5 nitrogen and oxygen atoms in total. The van der Waals surface area contributed by atoms with Gasteiger partial charge in [0.1, 0.15) is 5.60 Å². The normalized spacial score (nSPS) is 13.0. The molecule has 0 spiro atoms. The monoisotopic (exact) mass is 332 g/mol. The lowest BCUT2D eigenvalue weighted by Gasteiger charge is -2.20. The largest absolute Gasteiger partial charge is 0.459 e. The van der Waals surface area contributed by atoms with E-state index in [1.165, 1.54) is 5.56 Å². The lowest BCUT2D eigenvalue weighted by atomic mass is 10.1. The van der Waals surface area contributed by atoms with E-state index in [2.05, 4.69) is 17.4 Å². The average Bonchev–Trinajstić information content (AvgIpc) is 2.48. The van der Waals surface area contributed by atoms with Crippen LogP contribution in [0.5, 0.6) is 0 Å². The molecule has 0 saturated carbocycles. The van der Waals surface area contributed by atoms with Gasteiger partial charge in [0.15, 0.2) is 0 Å². The van der Waals surface area contributed by atoms with Crippen molar-refractivity contribution < 1.29 is 14.3 Å². The summed E-state index contributed by atoms with van der Waals surface area (Å²) in [6.45, 7) is 5.35. The molecule has 0 aliphatic heterocycles. The van der Waals surface area contributed by atoms with Crippen LogP contribution in [0.15, 0.2) is 42.5 Å². The first-order chi connectivity index (χ1) is 11.3. The number of rotatable bonds is 9. The topological polar surface area (TPSA) is 81.4 Å². The van der Waals surface area contributed by atoms with Gasteiger partial charge < -0.3 is 10.5 Å². The smallest absolute Gasteiger partial charge is 0.320 e. The van der Waals surface area contributed by atoms with Crippen molar-refractivity contribution in [2.75, 3.05) is 6.54 Å². The Kier molecular flexibility index (Phi) is 8.19. The molecule has 1 atom stereocenters. The fraction of sp³-hybridized carbons (Fsp3) is 0.474. The van der Waals surface area contributed by atoms with E-state index in [1.54, 1.807) is 20.8 Å². The molecule has 132 valence electrons. The number of aryl methyl sites for hydroxylation is 1. The van der Waals surface area contributed by atoms with Crippen LogP contribution in [0.4, 0.5) is 0 Å². The van der Waals surface area contributed by atoms with E-state index >= 15 is 0 Å². The number of hydrogen-bond acceptors (Lipinski definition) is 4. The van der Waals surface area contributed by atoms with E-state index in [4.69, 9.17) is 10.5 Å². The first-order valence-electron chi connectivity index (χ1n) is 8.21. The average molecular weight is 332 g/mol. The van der Waals surface area contributed by atoms with Gasteiger partial charge in [-0.25, -0.2) is 0 Å². The molecule has 0 bridgehead atoms. The molecule has 3 N–H and O–H groups in total. The van der Waals surface area contributed by atoms with E-state index in [-0.39, 0.29) is 6.54 Å². The fourth-order valence-corrected chi connectivity index (χ4v) is 2.13. The Morgan fingerprint density at radius 2 is 1.88 bits per heavy atom. The molecule has 0 fully saturated rings. The van der Waals surface area contributed by atoms with Crippen molar-refractivity contribution in [3.63, 3.8) is 0 Å². The minimum Gasteiger partial charge on any atom is -0.459 e. The second kappa shape index (κ2) is 9.88. The summed E-state index contributed by atoms with van der Waals surface area (Å²) in [6, 6.07) is 9.62. The Bertz CT molecular complexity index is 547. The molecular weight excluding hydrogens is 304 g/mol. The van der Waals surface area contributed by atoms with Crippen LogP contribution in [-0.4, -0.2) is 30.1 Å². The summed E-state index contributed by atoms with van der Waals surface area (Å²) in [5.41, 5.74) is 6.10. The third-order valence-corrected chi connectivity index (χ3v) is 3.24. The molecule has 0 saturated heterocycles. The Morgan fingerprint density at radius 3 is 2.46 bits per heavy atom. The summed E-state index contributed by atoms with van der Waals surface area (Å²) >= 11 is 0. The van der Waals surface area contributed by atoms with E-state index in [1.807, 2.05) is 30.4 Å². The van der Waals surface area contributed by atoms with Gasteiger partial charge in [0.25, 0.3) is 0 Å². The van der Waals surface area contributed by atoms with E-state index in [0.717, 1.165) is 12.8 Å². The van der Waals surface area contributed by atoms with Crippen molar-refractivity contribution >= 4 is 11.9 Å². The van der Waals surface area contributed by atoms with Crippen LogP contribution in [0.1, 0.15) is 39.2 Å². The maximum absolute atomic E-state index is 11.7. The van der Waals surface area contributed by atoms with Crippen LogP contribution in [-0.2, 0) is 20.7 Å². The number of carbonyl (C=O) groups is 2. The third kappa shape index (κ3) is 9.10. The van der Waals surface area contributed by atoms with Crippen molar-refractivity contribution in [1.82, 2.24) is 5.32 Å². The Hall–Kier alpha value is -2.14. The van der Waals surface area contributed by atoms with Crippen molar-refractivity contribution in [2.45, 2.75) is 51.7 Å². The molecule has 1 rings (SSSR count). The van der Waals surface area contributed by atoms with Crippen LogP contribution < -0.4 is 11.1 Å². The zero-order chi connectivity index (χ0) is 18.0. The lowest BCUT2D eigenvalue weighted by molar-refractivity contribution is -0.153. The highest BCUT2D eigenvalue weighted by Gasteiger charge is 2.19. The van der Waals surface area contributed by atoms with Gasteiger partial charge in [-0.3, -0.25) is 14.9 Å². The molecule has 0 aromatic heterocycles. The molecule has 24 heavy (non-hydrogen) atoms. The van der Waals surface area contributed by atoms with Crippen molar-refractivity contribution in [1.29, 1.82) is 0 Å². The van der Waals surface area contributed by atoms with Crippen LogP contribution in [0.25, 0.3) is 0 Å². The molecule has 1 amide bonds. The minimum atomic E-state index is -0.578. The van der Waals surface area contributed by atoms with Crippen molar-refractivity contribution in [2.24, 2.45) is 5.73 Å². The number of hydrogen-bond donors (Lipinski definition) is 2. The standard InChI is InChI=1S/C19H28N2O3/c1-19(2,3)24-17(22)14-21-16(18(20)23)13-9-5-8-12-15-10-6-4-7-11-15/h4-7,9-11,16,21H,8,12-14H2,1-3H3,(H2,20,23)/b9-5+. The van der Waals surface area contributed by atoms with Crippen LogP contribution in [0.3, 0.4) is 0 Å². The molecule has 1 aromatic carbocycles. The van der Waals surface area contributed by atoms with E-state index in [9.17, 15) is 9.59 Å². The lowest BCUT2D eigenvalue weighted by Crippen LogP contribution is -2.44. The Morgan fingerprint density at radius 1 is 1.21 bits per heavy atom. The van der Waals surface area contributed by atoms with Crippen molar-refractivity contribution in [3.05, 3.63) is 48.0 Å². The van der Waals surface area contributed by atoms with Crippen LogP contribution in [0.2, 0.25) is 0 Å². The second-order valence-electron chi connectivity index (χ2n) is 6.65.